The number of likely N-dealkylation sites (tertiary alicyclic amines) is 1. The number of anilines is 1. The molecular weight excluding hydrogens is 405 g/mol. The highest BCUT2D eigenvalue weighted by Crippen LogP contribution is 2.24. The van der Waals surface area contributed by atoms with Crippen molar-refractivity contribution in [2.45, 2.75) is 33.4 Å². The second-order valence-corrected chi connectivity index (χ2v) is 9.03. The minimum Gasteiger partial charge on any atom is -0.300 e. The standard InChI is InChI=1S/C21H24FN5O2S/c1-13-5-14(2)8-26(7-13)9-16-11-30-21(24-16)25-19(28)10-27-12-23-18-4-3-15(22)6-17(18)20(27)29/h3-4,6,11-14H,5,7-10H2,1-2H3,(H,24,25,28). The van der Waals surface area contributed by atoms with E-state index in [2.05, 4.69) is 34.0 Å². The molecule has 2 aromatic heterocycles. The van der Waals surface area contributed by atoms with Gasteiger partial charge in [0.25, 0.3) is 5.56 Å². The maximum atomic E-state index is 13.4. The lowest BCUT2D eigenvalue weighted by atomic mass is 9.92. The lowest BCUT2D eigenvalue weighted by Crippen LogP contribution is -2.38. The lowest BCUT2D eigenvalue weighted by Gasteiger charge is -2.34. The van der Waals surface area contributed by atoms with Crippen LogP contribution in [-0.4, -0.2) is 38.4 Å². The van der Waals surface area contributed by atoms with Crippen molar-refractivity contribution in [2.75, 3.05) is 18.4 Å². The van der Waals surface area contributed by atoms with Gasteiger partial charge in [-0.05, 0) is 36.5 Å². The highest BCUT2D eigenvalue weighted by Gasteiger charge is 2.22. The van der Waals surface area contributed by atoms with E-state index in [0.29, 0.717) is 22.5 Å². The Balaban J connectivity index is 1.40. The van der Waals surface area contributed by atoms with Gasteiger partial charge in [0.15, 0.2) is 5.13 Å². The highest BCUT2D eigenvalue weighted by atomic mass is 32.1. The summed E-state index contributed by atoms with van der Waals surface area (Å²) in [5, 5.41) is 5.34. The van der Waals surface area contributed by atoms with E-state index < -0.39 is 11.4 Å². The van der Waals surface area contributed by atoms with Crippen LogP contribution in [-0.2, 0) is 17.9 Å². The SMILES string of the molecule is CC1CC(C)CN(Cc2csc(NC(=O)Cn3cnc4ccc(F)cc4c3=O)n2)C1. The Hall–Kier alpha value is -2.65. The van der Waals surface area contributed by atoms with Gasteiger partial charge in [-0.1, -0.05) is 13.8 Å². The predicted octanol–water partition coefficient (Wildman–Crippen LogP) is 3.11. The molecule has 3 heterocycles. The summed E-state index contributed by atoms with van der Waals surface area (Å²) in [7, 11) is 0. The normalized spacial score (nSPS) is 19.8. The fraction of sp³-hybridized carbons (Fsp3) is 0.429. The molecule has 158 valence electrons. The molecule has 1 N–H and O–H groups in total. The number of aromatic nitrogens is 3. The molecule has 1 fully saturated rings. The van der Waals surface area contributed by atoms with Crippen LogP contribution in [0.4, 0.5) is 9.52 Å². The van der Waals surface area contributed by atoms with Crippen LogP contribution in [0.25, 0.3) is 10.9 Å². The van der Waals surface area contributed by atoms with Crippen LogP contribution < -0.4 is 10.9 Å². The maximum Gasteiger partial charge on any atom is 0.261 e. The third-order valence-electron chi connectivity index (χ3n) is 5.23. The third kappa shape index (κ3) is 4.73. The molecular formula is C21H24FN5O2S. The minimum atomic E-state index is -0.517. The summed E-state index contributed by atoms with van der Waals surface area (Å²) in [6, 6.07) is 3.82. The molecule has 0 saturated carbocycles. The molecule has 1 saturated heterocycles. The van der Waals surface area contributed by atoms with E-state index in [-0.39, 0.29) is 17.8 Å². The summed E-state index contributed by atoms with van der Waals surface area (Å²) in [5.41, 5.74) is 0.864. The fourth-order valence-corrected chi connectivity index (χ4v) is 4.86. The Morgan fingerprint density at radius 2 is 2.07 bits per heavy atom. The highest BCUT2D eigenvalue weighted by molar-refractivity contribution is 7.13. The number of carbonyl (C=O) groups excluding carboxylic acids is 1. The second-order valence-electron chi connectivity index (χ2n) is 8.17. The van der Waals surface area contributed by atoms with Crippen molar-refractivity contribution in [1.29, 1.82) is 0 Å². The fourth-order valence-electron chi connectivity index (χ4n) is 4.14. The van der Waals surface area contributed by atoms with Gasteiger partial charge in [0.2, 0.25) is 5.91 Å². The zero-order valence-electron chi connectivity index (χ0n) is 17.0. The van der Waals surface area contributed by atoms with Gasteiger partial charge in [-0.25, -0.2) is 14.4 Å². The summed E-state index contributed by atoms with van der Waals surface area (Å²) in [6.45, 7) is 7.21. The van der Waals surface area contributed by atoms with Gasteiger partial charge < -0.3 is 5.32 Å². The Morgan fingerprint density at radius 1 is 1.30 bits per heavy atom. The molecule has 7 nitrogen and oxygen atoms in total. The average molecular weight is 430 g/mol. The number of rotatable bonds is 5. The van der Waals surface area contributed by atoms with Gasteiger partial charge >= 0.3 is 0 Å². The van der Waals surface area contributed by atoms with Crippen molar-refractivity contribution >= 4 is 33.3 Å². The first-order valence-corrected chi connectivity index (χ1v) is 10.9. The zero-order chi connectivity index (χ0) is 21.3. The molecule has 30 heavy (non-hydrogen) atoms. The maximum absolute atomic E-state index is 13.4. The smallest absolute Gasteiger partial charge is 0.261 e. The number of piperidine rings is 1. The van der Waals surface area contributed by atoms with Gasteiger partial charge in [-0.15, -0.1) is 11.3 Å². The Morgan fingerprint density at radius 3 is 2.83 bits per heavy atom. The van der Waals surface area contributed by atoms with Crippen LogP contribution >= 0.6 is 11.3 Å². The zero-order valence-corrected chi connectivity index (χ0v) is 17.8. The van der Waals surface area contributed by atoms with E-state index >= 15 is 0 Å². The summed E-state index contributed by atoms with van der Waals surface area (Å²) >= 11 is 1.36. The molecule has 2 atom stereocenters. The van der Waals surface area contributed by atoms with Gasteiger partial charge in [0.05, 0.1) is 22.9 Å². The summed E-state index contributed by atoms with van der Waals surface area (Å²) in [4.78, 5) is 35.9. The molecule has 0 spiro atoms. The molecule has 0 aliphatic carbocycles. The third-order valence-corrected chi connectivity index (χ3v) is 6.03. The van der Waals surface area contributed by atoms with Crippen molar-refractivity contribution in [2.24, 2.45) is 11.8 Å². The van der Waals surface area contributed by atoms with Gasteiger partial charge in [-0.3, -0.25) is 19.1 Å². The van der Waals surface area contributed by atoms with E-state index in [4.69, 9.17) is 0 Å². The quantitative estimate of drug-likeness (QED) is 0.674. The molecule has 3 aromatic rings. The average Bonchev–Trinajstić information content (AvgIpc) is 3.10. The second kappa shape index (κ2) is 8.61. The van der Waals surface area contributed by atoms with E-state index in [1.807, 2.05) is 5.38 Å². The minimum absolute atomic E-state index is 0.145. The molecule has 1 aliphatic rings. The monoisotopic (exact) mass is 429 g/mol. The van der Waals surface area contributed by atoms with Crippen LogP contribution in [0.2, 0.25) is 0 Å². The Kier molecular flexibility index (Phi) is 5.92. The van der Waals surface area contributed by atoms with Crippen molar-refractivity contribution in [3.63, 3.8) is 0 Å². The molecule has 0 radical (unpaired) electrons. The number of hydrogen-bond donors (Lipinski definition) is 1. The molecule has 1 aliphatic heterocycles. The first-order chi connectivity index (χ1) is 14.4. The van der Waals surface area contributed by atoms with E-state index in [1.165, 1.54) is 40.8 Å². The summed E-state index contributed by atoms with van der Waals surface area (Å²) in [5.74, 6) is 0.454. The van der Waals surface area contributed by atoms with Crippen molar-refractivity contribution in [1.82, 2.24) is 19.4 Å². The van der Waals surface area contributed by atoms with E-state index in [1.54, 1.807) is 0 Å². The number of fused-ring (bicyclic) bond motifs is 1. The summed E-state index contributed by atoms with van der Waals surface area (Å²) in [6.07, 6.45) is 2.55. The van der Waals surface area contributed by atoms with Gasteiger partial charge in [-0.2, -0.15) is 0 Å². The van der Waals surface area contributed by atoms with Crippen molar-refractivity contribution in [3.05, 3.63) is 51.8 Å². The van der Waals surface area contributed by atoms with Crippen molar-refractivity contribution < 1.29 is 9.18 Å². The van der Waals surface area contributed by atoms with Crippen LogP contribution in [0.1, 0.15) is 26.0 Å². The van der Waals surface area contributed by atoms with Crippen LogP contribution in [0.15, 0.2) is 34.7 Å². The number of nitrogens with one attached hydrogen (secondary N) is 1. The molecule has 4 rings (SSSR count). The predicted molar refractivity (Wildman–Crippen MR) is 115 cm³/mol. The van der Waals surface area contributed by atoms with Crippen LogP contribution in [0, 0.1) is 17.7 Å². The Labute approximate surface area is 177 Å². The number of benzene rings is 1. The van der Waals surface area contributed by atoms with Gasteiger partial charge in [0.1, 0.15) is 12.4 Å². The molecule has 1 aromatic carbocycles. The Bertz CT molecular complexity index is 1120. The first-order valence-electron chi connectivity index (χ1n) is 9.98. The van der Waals surface area contributed by atoms with Gasteiger partial charge in [0, 0.05) is 25.0 Å². The number of thiazole rings is 1. The van der Waals surface area contributed by atoms with Crippen molar-refractivity contribution in [3.8, 4) is 0 Å². The number of halogens is 1. The van der Waals surface area contributed by atoms with E-state index in [9.17, 15) is 14.0 Å². The molecule has 1 amide bonds. The topological polar surface area (TPSA) is 80.1 Å². The summed E-state index contributed by atoms with van der Waals surface area (Å²) < 4.78 is 14.6. The number of hydrogen-bond acceptors (Lipinski definition) is 6. The molecule has 2 unspecified atom stereocenters. The first kappa shape index (κ1) is 20.6. The number of amides is 1. The molecule has 0 bridgehead atoms. The largest absolute Gasteiger partial charge is 0.300 e. The van der Waals surface area contributed by atoms with E-state index in [0.717, 1.165) is 31.4 Å². The molecule has 9 heteroatoms. The number of carbonyl (C=O) groups is 1. The van der Waals surface area contributed by atoms with Crippen LogP contribution in [0.5, 0.6) is 0 Å². The lowest BCUT2D eigenvalue weighted by molar-refractivity contribution is -0.116. The van der Waals surface area contributed by atoms with Crippen LogP contribution in [0.3, 0.4) is 0 Å². The number of nitrogens with zero attached hydrogens (tertiary/aromatic N) is 4.